The average molecular weight is 355 g/mol. The zero-order valence-corrected chi connectivity index (χ0v) is 14.9. The predicted molar refractivity (Wildman–Crippen MR) is 96.3 cm³/mol. The first-order chi connectivity index (χ1) is 12.1. The van der Waals surface area contributed by atoms with E-state index in [0.717, 1.165) is 24.8 Å². The summed E-state index contributed by atoms with van der Waals surface area (Å²) in [4.78, 5) is 0.358. The third-order valence-electron chi connectivity index (χ3n) is 6.01. The van der Waals surface area contributed by atoms with Gasteiger partial charge in [-0.2, -0.15) is 0 Å². The summed E-state index contributed by atoms with van der Waals surface area (Å²) in [6.45, 7) is 1.96. The normalized spacial score (nSPS) is 29.9. The Morgan fingerprint density at radius 3 is 2.52 bits per heavy atom. The van der Waals surface area contributed by atoms with Gasteiger partial charge in [-0.3, -0.25) is 4.31 Å². The molecule has 2 aromatic carbocycles. The van der Waals surface area contributed by atoms with Crippen LogP contribution in [0.25, 0.3) is 0 Å². The Labute approximate surface area is 148 Å². The molecule has 3 aliphatic rings. The lowest BCUT2D eigenvalue weighted by Gasteiger charge is -2.44. The molecule has 2 bridgehead atoms. The first-order valence-electron chi connectivity index (χ1n) is 8.92. The van der Waals surface area contributed by atoms with Crippen LogP contribution in [0.15, 0.2) is 53.4 Å². The van der Waals surface area contributed by atoms with Crippen LogP contribution in [0.4, 0.5) is 5.69 Å². The third kappa shape index (κ3) is 2.15. The van der Waals surface area contributed by atoms with Crippen LogP contribution in [0.5, 0.6) is 5.75 Å². The van der Waals surface area contributed by atoms with E-state index >= 15 is 0 Å². The first-order valence-corrected chi connectivity index (χ1v) is 10.4. The highest BCUT2D eigenvalue weighted by molar-refractivity contribution is 7.92. The quantitative estimate of drug-likeness (QED) is 0.824. The highest BCUT2D eigenvalue weighted by Gasteiger charge is 2.56. The number of nitrogens with zero attached hydrogens (tertiary/aromatic N) is 1. The minimum Gasteiger partial charge on any atom is -0.486 e. The van der Waals surface area contributed by atoms with Crippen LogP contribution in [-0.4, -0.2) is 20.6 Å². The van der Waals surface area contributed by atoms with Crippen LogP contribution < -0.4 is 9.04 Å². The molecule has 0 saturated heterocycles. The minimum atomic E-state index is -3.62. The van der Waals surface area contributed by atoms with Crippen LogP contribution in [0, 0.1) is 18.8 Å². The molecule has 5 rings (SSSR count). The smallest absolute Gasteiger partial charge is 0.264 e. The second-order valence-corrected chi connectivity index (χ2v) is 9.30. The average Bonchev–Trinajstić information content (AvgIpc) is 3.22. The van der Waals surface area contributed by atoms with Crippen LogP contribution >= 0.6 is 0 Å². The van der Waals surface area contributed by atoms with Gasteiger partial charge >= 0.3 is 0 Å². The van der Waals surface area contributed by atoms with E-state index in [-0.39, 0.29) is 12.1 Å². The lowest BCUT2D eigenvalue weighted by atomic mass is 9.91. The molecule has 25 heavy (non-hydrogen) atoms. The molecule has 2 fully saturated rings. The standard InChI is InChI=1S/C20H21NO3S/c1-13-6-10-16(11-7-13)25(22,23)21-17-4-2-3-5-18(17)24-20-15-9-8-14(12-15)19(20)21/h2-7,10-11,14-15,19-20H,8-9,12H2,1H3/t14-,15+,19-,20-/m0/s1. The number of hydrogen-bond donors (Lipinski definition) is 0. The molecular formula is C20H21NO3S. The van der Waals surface area contributed by atoms with Crippen molar-refractivity contribution in [1.82, 2.24) is 0 Å². The zero-order valence-electron chi connectivity index (χ0n) is 14.1. The van der Waals surface area contributed by atoms with E-state index in [1.54, 1.807) is 16.4 Å². The van der Waals surface area contributed by atoms with E-state index in [4.69, 9.17) is 4.74 Å². The number of hydrogen-bond acceptors (Lipinski definition) is 3. The van der Waals surface area contributed by atoms with Crippen molar-refractivity contribution in [3.05, 3.63) is 54.1 Å². The van der Waals surface area contributed by atoms with Crippen molar-refractivity contribution < 1.29 is 13.2 Å². The van der Waals surface area contributed by atoms with Gasteiger partial charge in [-0.1, -0.05) is 29.8 Å². The summed E-state index contributed by atoms with van der Waals surface area (Å²) in [5.41, 5.74) is 1.73. The zero-order chi connectivity index (χ0) is 17.2. The highest BCUT2D eigenvalue weighted by atomic mass is 32.2. The Kier molecular flexibility index (Phi) is 3.20. The van der Waals surface area contributed by atoms with E-state index in [9.17, 15) is 8.42 Å². The van der Waals surface area contributed by atoms with Crippen LogP contribution in [0.2, 0.25) is 0 Å². The van der Waals surface area contributed by atoms with E-state index in [1.807, 2.05) is 43.3 Å². The van der Waals surface area contributed by atoms with Gasteiger partial charge in [-0.25, -0.2) is 8.42 Å². The van der Waals surface area contributed by atoms with Crippen molar-refractivity contribution in [2.75, 3.05) is 4.31 Å². The largest absolute Gasteiger partial charge is 0.486 e. The van der Waals surface area contributed by atoms with Gasteiger partial charge in [0.25, 0.3) is 10.0 Å². The van der Waals surface area contributed by atoms with Gasteiger partial charge in [-0.05, 0) is 62.3 Å². The van der Waals surface area contributed by atoms with Crippen molar-refractivity contribution in [2.24, 2.45) is 11.8 Å². The molecule has 2 aromatic rings. The number of aryl methyl sites for hydroxylation is 1. The van der Waals surface area contributed by atoms with Gasteiger partial charge in [0, 0.05) is 0 Å². The van der Waals surface area contributed by atoms with Crippen LogP contribution in [0.3, 0.4) is 0 Å². The monoisotopic (exact) mass is 355 g/mol. The number of rotatable bonds is 2. The lowest BCUT2D eigenvalue weighted by molar-refractivity contribution is 0.109. The SMILES string of the molecule is Cc1ccc(S(=O)(=O)N2c3ccccc3O[C@H]3[C@@H]4CC[C@@H](C4)[C@@H]32)cc1. The fourth-order valence-electron chi connectivity index (χ4n) is 4.86. The molecule has 1 heterocycles. The maximum absolute atomic E-state index is 13.6. The number of sulfonamides is 1. The Morgan fingerprint density at radius 2 is 1.72 bits per heavy atom. The Balaban J connectivity index is 1.68. The van der Waals surface area contributed by atoms with Gasteiger partial charge < -0.3 is 4.74 Å². The molecule has 0 aromatic heterocycles. The molecule has 2 saturated carbocycles. The Bertz CT molecular complexity index is 922. The van der Waals surface area contributed by atoms with Crippen LogP contribution in [0.1, 0.15) is 24.8 Å². The summed E-state index contributed by atoms with van der Waals surface area (Å²) in [7, 11) is -3.62. The summed E-state index contributed by atoms with van der Waals surface area (Å²) in [5, 5.41) is 0. The van der Waals surface area contributed by atoms with E-state index in [2.05, 4.69) is 0 Å². The summed E-state index contributed by atoms with van der Waals surface area (Å²) < 4.78 is 35.0. The summed E-state index contributed by atoms with van der Waals surface area (Å²) in [5.74, 6) is 1.55. The van der Waals surface area contributed by atoms with Crippen molar-refractivity contribution in [3.63, 3.8) is 0 Å². The number of anilines is 1. The minimum absolute atomic E-state index is 0.0196. The first kappa shape index (κ1) is 15.3. The van der Waals surface area contributed by atoms with E-state index in [0.29, 0.717) is 28.2 Å². The maximum Gasteiger partial charge on any atom is 0.264 e. The topological polar surface area (TPSA) is 46.6 Å². The fourth-order valence-corrected chi connectivity index (χ4v) is 6.59. The second-order valence-electron chi connectivity index (χ2n) is 7.49. The van der Waals surface area contributed by atoms with Crippen molar-refractivity contribution >= 4 is 15.7 Å². The van der Waals surface area contributed by atoms with Gasteiger partial charge in [0.2, 0.25) is 0 Å². The molecule has 4 nitrogen and oxygen atoms in total. The molecule has 0 unspecified atom stereocenters. The maximum atomic E-state index is 13.6. The van der Waals surface area contributed by atoms with Gasteiger partial charge in [-0.15, -0.1) is 0 Å². The molecule has 1 aliphatic heterocycles. The van der Waals surface area contributed by atoms with Crippen LogP contribution in [-0.2, 0) is 10.0 Å². The summed E-state index contributed by atoms with van der Waals surface area (Å²) in [6.07, 6.45) is 3.29. The summed E-state index contributed by atoms with van der Waals surface area (Å²) in [6, 6.07) is 14.6. The molecule has 5 heteroatoms. The van der Waals surface area contributed by atoms with Gasteiger partial charge in [0.15, 0.2) is 0 Å². The second kappa shape index (κ2) is 5.24. The van der Waals surface area contributed by atoms with Crippen molar-refractivity contribution in [1.29, 1.82) is 0 Å². The third-order valence-corrected chi connectivity index (χ3v) is 7.84. The Hall–Kier alpha value is -2.01. The number of para-hydroxylation sites is 2. The van der Waals surface area contributed by atoms with Crippen molar-refractivity contribution in [3.8, 4) is 5.75 Å². The molecule has 0 spiro atoms. The highest BCUT2D eigenvalue weighted by Crippen LogP contribution is 2.54. The predicted octanol–water partition coefficient (Wildman–Crippen LogP) is 3.75. The lowest BCUT2D eigenvalue weighted by Crippen LogP contribution is -2.55. The van der Waals surface area contributed by atoms with Gasteiger partial charge in [0.05, 0.1) is 16.6 Å². The fraction of sp³-hybridized carbons (Fsp3) is 0.400. The molecule has 0 N–H and O–H groups in total. The molecule has 0 radical (unpaired) electrons. The van der Waals surface area contributed by atoms with Gasteiger partial charge in [0.1, 0.15) is 11.9 Å². The number of benzene rings is 2. The molecule has 4 atom stereocenters. The summed E-state index contributed by atoms with van der Waals surface area (Å²) >= 11 is 0. The molecule has 2 aliphatic carbocycles. The van der Waals surface area contributed by atoms with E-state index in [1.165, 1.54) is 0 Å². The molecular weight excluding hydrogens is 334 g/mol. The molecule has 0 amide bonds. The Morgan fingerprint density at radius 1 is 1.00 bits per heavy atom. The molecule has 130 valence electrons. The van der Waals surface area contributed by atoms with E-state index < -0.39 is 10.0 Å². The number of ether oxygens (including phenoxy) is 1. The van der Waals surface area contributed by atoms with Crippen molar-refractivity contribution in [2.45, 2.75) is 43.2 Å². The number of fused-ring (bicyclic) bond motifs is 6.